The Bertz CT molecular complexity index is 594. The third-order valence-electron chi connectivity index (χ3n) is 3.76. The first-order valence-corrected chi connectivity index (χ1v) is 6.81. The fourth-order valence-electron chi connectivity index (χ4n) is 2.67. The van der Waals surface area contributed by atoms with Gasteiger partial charge in [0.2, 0.25) is 0 Å². The number of carboxylic acid groups (broad SMARTS) is 1. The normalized spacial score (nSPS) is 19.0. The third-order valence-corrected chi connectivity index (χ3v) is 3.76. The summed E-state index contributed by atoms with van der Waals surface area (Å²) in [7, 11) is 0. The van der Waals surface area contributed by atoms with E-state index in [-0.39, 0.29) is 6.04 Å². The number of likely N-dealkylation sites (tertiary alicyclic amines) is 1. The van der Waals surface area contributed by atoms with E-state index in [9.17, 15) is 4.79 Å². The first kappa shape index (κ1) is 12.7. The molecule has 0 aliphatic carbocycles. The van der Waals surface area contributed by atoms with Crippen molar-refractivity contribution in [2.75, 3.05) is 13.1 Å². The van der Waals surface area contributed by atoms with E-state index in [4.69, 9.17) is 5.11 Å². The summed E-state index contributed by atoms with van der Waals surface area (Å²) in [5.41, 5.74) is 2.01. The summed E-state index contributed by atoms with van der Waals surface area (Å²) >= 11 is 0. The van der Waals surface area contributed by atoms with Gasteiger partial charge in [0.25, 0.3) is 0 Å². The lowest BCUT2D eigenvalue weighted by Crippen LogP contribution is -2.39. The van der Waals surface area contributed by atoms with Crippen LogP contribution < -0.4 is 0 Å². The van der Waals surface area contributed by atoms with E-state index in [1.807, 2.05) is 41.1 Å². The van der Waals surface area contributed by atoms with Gasteiger partial charge in [-0.1, -0.05) is 30.3 Å². The van der Waals surface area contributed by atoms with Crippen molar-refractivity contribution < 1.29 is 9.90 Å². The van der Waals surface area contributed by atoms with Crippen molar-refractivity contribution >= 4 is 6.09 Å². The number of aromatic nitrogens is 2. The summed E-state index contributed by atoms with van der Waals surface area (Å²) in [5.74, 6) is 0. The molecule has 104 valence electrons. The molecule has 1 N–H and O–H groups in total. The van der Waals surface area contributed by atoms with Crippen LogP contribution in [-0.2, 0) is 0 Å². The van der Waals surface area contributed by atoms with Gasteiger partial charge in [0.15, 0.2) is 0 Å². The highest BCUT2D eigenvalue weighted by molar-refractivity contribution is 5.65. The van der Waals surface area contributed by atoms with Gasteiger partial charge in [0, 0.05) is 24.8 Å². The minimum Gasteiger partial charge on any atom is -0.465 e. The van der Waals surface area contributed by atoms with Crippen LogP contribution in [0.4, 0.5) is 4.79 Å². The van der Waals surface area contributed by atoms with Gasteiger partial charge in [-0.15, -0.1) is 0 Å². The van der Waals surface area contributed by atoms with Crippen molar-refractivity contribution in [1.29, 1.82) is 0 Å². The summed E-state index contributed by atoms with van der Waals surface area (Å²) in [5, 5.41) is 9.09. The van der Waals surface area contributed by atoms with Crippen LogP contribution in [0.3, 0.4) is 0 Å². The van der Waals surface area contributed by atoms with Crippen molar-refractivity contribution in [2.45, 2.75) is 18.9 Å². The molecule has 1 amide bonds. The minimum absolute atomic E-state index is 0.185. The SMILES string of the molecule is O=C(O)N1CCCC(n2cnc(-c3ccccc3)c2)C1. The quantitative estimate of drug-likeness (QED) is 0.913. The molecule has 5 heteroatoms. The van der Waals surface area contributed by atoms with E-state index in [0.29, 0.717) is 13.1 Å². The van der Waals surface area contributed by atoms with Crippen LogP contribution in [0.2, 0.25) is 0 Å². The number of nitrogens with zero attached hydrogens (tertiary/aromatic N) is 3. The fraction of sp³-hybridized carbons (Fsp3) is 0.333. The van der Waals surface area contributed by atoms with Crippen LogP contribution in [0.15, 0.2) is 42.9 Å². The lowest BCUT2D eigenvalue weighted by molar-refractivity contribution is 0.121. The maximum atomic E-state index is 11.1. The summed E-state index contributed by atoms with van der Waals surface area (Å²) in [6.07, 6.45) is 4.87. The standard InChI is InChI=1S/C15H17N3O2/c19-15(20)17-8-4-7-13(9-17)18-10-14(16-11-18)12-5-2-1-3-6-12/h1-3,5-6,10-11,13H,4,7-9H2,(H,19,20). The molecular weight excluding hydrogens is 254 g/mol. The van der Waals surface area contributed by atoms with Crippen LogP contribution in [-0.4, -0.2) is 38.7 Å². The van der Waals surface area contributed by atoms with Gasteiger partial charge in [0.1, 0.15) is 0 Å². The Morgan fingerprint density at radius 1 is 1.30 bits per heavy atom. The number of imidazole rings is 1. The number of benzene rings is 1. The first-order valence-electron chi connectivity index (χ1n) is 6.81. The van der Waals surface area contributed by atoms with E-state index < -0.39 is 6.09 Å². The smallest absolute Gasteiger partial charge is 0.407 e. The molecule has 1 aliphatic heterocycles. The molecule has 0 bridgehead atoms. The first-order chi connectivity index (χ1) is 9.74. The van der Waals surface area contributed by atoms with E-state index in [2.05, 4.69) is 4.98 Å². The highest BCUT2D eigenvalue weighted by atomic mass is 16.4. The Labute approximate surface area is 117 Å². The van der Waals surface area contributed by atoms with E-state index in [0.717, 1.165) is 24.1 Å². The highest BCUT2D eigenvalue weighted by Crippen LogP contribution is 2.24. The lowest BCUT2D eigenvalue weighted by atomic mass is 10.1. The van der Waals surface area contributed by atoms with Crippen LogP contribution in [0.5, 0.6) is 0 Å². The average molecular weight is 271 g/mol. The molecule has 0 saturated carbocycles. The number of piperidine rings is 1. The van der Waals surface area contributed by atoms with Gasteiger partial charge < -0.3 is 14.6 Å². The van der Waals surface area contributed by atoms with Crippen LogP contribution in [0.25, 0.3) is 11.3 Å². The molecule has 0 spiro atoms. The lowest BCUT2D eigenvalue weighted by Gasteiger charge is -2.31. The molecule has 5 nitrogen and oxygen atoms in total. The van der Waals surface area contributed by atoms with Crippen molar-refractivity contribution in [3.8, 4) is 11.3 Å². The van der Waals surface area contributed by atoms with Gasteiger partial charge in [-0.2, -0.15) is 0 Å². The summed E-state index contributed by atoms with van der Waals surface area (Å²) in [6, 6.07) is 10.2. The molecule has 1 aromatic heterocycles. The van der Waals surface area contributed by atoms with Crippen molar-refractivity contribution in [3.63, 3.8) is 0 Å². The third kappa shape index (κ3) is 2.52. The predicted octanol–water partition coefficient (Wildman–Crippen LogP) is 2.87. The zero-order chi connectivity index (χ0) is 13.9. The van der Waals surface area contributed by atoms with Gasteiger partial charge >= 0.3 is 6.09 Å². The maximum absolute atomic E-state index is 11.1. The molecule has 1 atom stereocenters. The number of rotatable bonds is 2. The number of carbonyl (C=O) groups is 1. The van der Waals surface area contributed by atoms with Crippen molar-refractivity contribution in [1.82, 2.24) is 14.5 Å². The van der Waals surface area contributed by atoms with E-state index >= 15 is 0 Å². The largest absolute Gasteiger partial charge is 0.465 e. The Morgan fingerprint density at radius 3 is 2.85 bits per heavy atom. The van der Waals surface area contributed by atoms with Crippen molar-refractivity contribution in [2.24, 2.45) is 0 Å². The van der Waals surface area contributed by atoms with E-state index in [1.165, 1.54) is 4.90 Å². The molecule has 1 fully saturated rings. The minimum atomic E-state index is -0.835. The predicted molar refractivity (Wildman–Crippen MR) is 75.5 cm³/mol. The zero-order valence-corrected chi connectivity index (χ0v) is 11.1. The molecule has 1 aliphatic rings. The molecular formula is C15H17N3O2. The fourth-order valence-corrected chi connectivity index (χ4v) is 2.67. The number of amides is 1. The van der Waals surface area contributed by atoms with Crippen molar-refractivity contribution in [3.05, 3.63) is 42.9 Å². The van der Waals surface area contributed by atoms with Crippen LogP contribution >= 0.6 is 0 Å². The second-order valence-corrected chi connectivity index (χ2v) is 5.10. The van der Waals surface area contributed by atoms with Crippen LogP contribution in [0.1, 0.15) is 18.9 Å². The van der Waals surface area contributed by atoms with E-state index in [1.54, 1.807) is 6.33 Å². The van der Waals surface area contributed by atoms with Gasteiger partial charge in [-0.25, -0.2) is 9.78 Å². The molecule has 3 rings (SSSR count). The molecule has 2 heterocycles. The number of hydrogen-bond donors (Lipinski definition) is 1. The second kappa shape index (κ2) is 5.36. The average Bonchev–Trinajstić information content (AvgIpc) is 2.98. The molecule has 1 aromatic carbocycles. The topological polar surface area (TPSA) is 58.4 Å². The zero-order valence-electron chi connectivity index (χ0n) is 11.1. The van der Waals surface area contributed by atoms with Gasteiger partial charge in [0.05, 0.1) is 18.1 Å². The van der Waals surface area contributed by atoms with Crippen LogP contribution in [0, 0.1) is 0 Å². The highest BCUT2D eigenvalue weighted by Gasteiger charge is 2.24. The monoisotopic (exact) mass is 271 g/mol. The molecule has 1 saturated heterocycles. The maximum Gasteiger partial charge on any atom is 0.407 e. The molecule has 1 unspecified atom stereocenters. The van der Waals surface area contributed by atoms with Gasteiger partial charge in [-0.05, 0) is 12.8 Å². The molecule has 0 radical (unpaired) electrons. The Kier molecular flexibility index (Phi) is 3.41. The Morgan fingerprint density at radius 2 is 2.10 bits per heavy atom. The summed E-state index contributed by atoms with van der Waals surface area (Å²) in [4.78, 5) is 17.0. The Hall–Kier alpha value is -2.30. The number of hydrogen-bond acceptors (Lipinski definition) is 2. The van der Waals surface area contributed by atoms with Gasteiger partial charge in [-0.3, -0.25) is 0 Å². The second-order valence-electron chi connectivity index (χ2n) is 5.10. The summed E-state index contributed by atoms with van der Waals surface area (Å²) in [6.45, 7) is 1.17. The molecule has 2 aromatic rings. The Balaban J connectivity index is 1.78. The summed E-state index contributed by atoms with van der Waals surface area (Å²) < 4.78 is 2.04. The molecule has 20 heavy (non-hydrogen) atoms.